The molecule has 0 atom stereocenters. The minimum absolute atomic E-state index is 0.0531. The van der Waals surface area contributed by atoms with E-state index < -0.39 is 0 Å². The number of anilines is 1. The fourth-order valence-corrected chi connectivity index (χ4v) is 5.09. The predicted octanol–water partition coefficient (Wildman–Crippen LogP) is 4.76. The van der Waals surface area contributed by atoms with Gasteiger partial charge in [-0.1, -0.05) is 6.07 Å². The summed E-state index contributed by atoms with van der Waals surface area (Å²) < 4.78 is 0. The molecule has 1 aliphatic heterocycles. The van der Waals surface area contributed by atoms with Crippen molar-refractivity contribution in [2.24, 2.45) is 0 Å². The number of nitrogens with zero attached hydrogens (tertiary/aromatic N) is 3. The third-order valence-corrected chi connectivity index (χ3v) is 6.38. The Labute approximate surface area is 183 Å². The molecule has 4 rings (SSSR count). The summed E-state index contributed by atoms with van der Waals surface area (Å²) in [6, 6.07) is 11.3. The molecule has 2 aromatic carbocycles. The van der Waals surface area contributed by atoms with Crippen LogP contribution in [-0.2, 0) is 0 Å². The molecule has 0 unspecified atom stereocenters. The monoisotopic (exact) mass is 420 g/mol. The van der Waals surface area contributed by atoms with Crippen LogP contribution in [0.5, 0.6) is 11.5 Å². The van der Waals surface area contributed by atoms with Crippen LogP contribution in [-0.4, -0.2) is 44.6 Å². The molecular formula is C25H32N4O2. The van der Waals surface area contributed by atoms with E-state index in [4.69, 9.17) is 0 Å². The number of fused-ring (bicyclic) bond motifs is 1. The SMILES string of the molecule is Cc1c(O)ccc2cc(-c3ccc(N(C)C4CC(C)(C)NC(C)(C)C4)nn3)c(O)cc12. The zero-order valence-electron chi connectivity index (χ0n) is 19.2. The van der Waals surface area contributed by atoms with Gasteiger partial charge in [0.1, 0.15) is 11.5 Å². The summed E-state index contributed by atoms with van der Waals surface area (Å²) in [5.41, 5.74) is 2.10. The van der Waals surface area contributed by atoms with Crippen molar-refractivity contribution in [3.05, 3.63) is 42.0 Å². The highest BCUT2D eigenvalue weighted by Gasteiger charge is 2.39. The van der Waals surface area contributed by atoms with Gasteiger partial charge in [-0.2, -0.15) is 0 Å². The lowest BCUT2D eigenvalue weighted by atomic mass is 9.79. The molecule has 0 radical (unpaired) electrons. The van der Waals surface area contributed by atoms with Crippen LogP contribution in [0.3, 0.4) is 0 Å². The van der Waals surface area contributed by atoms with E-state index >= 15 is 0 Å². The van der Waals surface area contributed by atoms with Gasteiger partial charge in [-0.3, -0.25) is 0 Å². The zero-order chi connectivity index (χ0) is 22.6. The van der Waals surface area contributed by atoms with Crippen molar-refractivity contribution >= 4 is 16.6 Å². The van der Waals surface area contributed by atoms with E-state index in [0.29, 0.717) is 17.3 Å². The smallest absolute Gasteiger partial charge is 0.151 e. The van der Waals surface area contributed by atoms with Gasteiger partial charge in [-0.05, 0) is 94.1 Å². The molecule has 3 aromatic rings. The number of aromatic hydroxyl groups is 2. The first-order chi connectivity index (χ1) is 14.5. The highest BCUT2D eigenvalue weighted by Crippen LogP contribution is 2.37. The number of benzene rings is 2. The zero-order valence-corrected chi connectivity index (χ0v) is 19.2. The Morgan fingerprint density at radius 2 is 1.61 bits per heavy atom. The molecular weight excluding hydrogens is 388 g/mol. The summed E-state index contributed by atoms with van der Waals surface area (Å²) in [6.45, 7) is 10.8. The van der Waals surface area contributed by atoms with Crippen molar-refractivity contribution in [3.63, 3.8) is 0 Å². The van der Waals surface area contributed by atoms with E-state index in [0.717, 1.165) is 35.0 Å². The molecule has 0 aliphatic carbocycles. The number of rotatable bonds is 3. The number of phenolic OH excluding ortho intramolecular Hbond substituents is 2. The molecule has 1 aromatic heterocycles. The second kappa shape index (κ2) is 7.38. The lowest BCUT2D eigenvalue weighted by molar-refractivity contribution is 0.160. The Morgan fingerprint density at radius 3 is 2.23 bits per heavy atom. The normalized spacial score (nSPS) is 18.3. The maximum absolute atomic E-state index is 10.6. The first-order valence-corrected chi connectivity index (χ1v) is 10.8. The van der Waals surface area contributed by atoms with Crippen molar-refractivity contribution in [3.8, 4) is 22.8 Å². The molecule has 6 nitrogen and oxygen atoms in total. The highest BCUT2D eigenvalue weighted by molar-refractivity contribution is 5.93. The van der Waals surface area contributed by atoms with Gasteiger partial charge in [0.25, 0.3) is 0 Å². The fourth-order valence-electron chi connectivity index (χ4n) is 5.09. The maximum atomic E-state index is 10.6. The van der Waals surface area contributed by atoms with Crippen molar-refractivity contribution in [2.75, 3.05) is 11.9 Å². The summed E-state index contributed by atoms with van der Waals surface area (Å²) in [6.07, 6.45) is 2.04. The second-order valence-electron chi connectivity index (χ2n) is 10.1. The number of aromatic nitrogens is 2. The number of piperidine rings is 1. The molecule has 1 fully saturated rings. The maximum Gasteiger partial charge on any atom is 0.151 e. The fraction of sp³-hybridized carbons (Fsp3) is 0.440. The first kappa shape index (κ1) is 21.4. The Morgan fingerprint density at radius 1 is 0.935 bits per heavy atom. The highest BCUT2D eigenvalue weighted by atomic mass is 16.3. The van der Waals surface area contributed by atoms with Gasteiger partial charge in [-0.15, -0.1) is 10.2 Å². The Bertz CT molecular complexity index is 1110. The first-order valence-electron chi connectivity index (χ1n) is 10.8. The van der Waals surface area contributed by atoms with E-state index in [1.807, 2.05) is 31.2 Å². The van der Waals surface area contributed by atoms with E-state index in [-0.39, 0.29) is 22.6 Å². The summed E-state index contributed by atoms with van der Waals surface area (Å²) in [4.78, 5) is 2.22. The van der Waals surface area contributed by atoms with Gasteiger partial charge in [0.05, 0.1) is 5.69 Å². The molecule has 0 bridgehead atoms. The van der Waals surface area contributed by atoms with Crippen LogP contribution in [0.4, 0.5) is 5.82 Å². The molecule has 3 N–H and O–H groups in total. The molecule has 1 aliphatic rings. The quantitative estimate of drug-likeness (QED) is 0.567. The van der Waals surface area contributed by atoms with Gasteiger partial charge in [0, 0.05) is 29.7 Å². The van der Waals surface area contributed by atoms with Crippen LogP contribution in [0, 0.1) is 6.92 Å². The van der Waals surface area contributed by atoms with Crippen LogP contribution >= 0.6 is 0 Å². The summed E-state index contributed by atoms with van der Waals surface area (Å²) in [5, 5.41) is 34.9. The van der Waals surface area contributed by atoms with Crippen LogP contribution in [0.2, 0.25) is 0 Å². The molecule has 0 saturated carbocycles. The van der Waals surface area contributed by atoms with Crippen LogP contribution in [0.1, 0.15) is 46.1 Å². The van der Waals surface area contributed by atoms with Gasteiger partial charge < -0.3 is 20.4 Å². The van der Waals surface area contributed by atoms with Crippen molar-refractivity contribution in [1.29, 1.82) is 0 Å². The molecule has 164 valence electrons. The van der Waals surface area contributed by atoms with E-state index in [1.165, 1.54) is 0 Å². The standard InChI is InChI=1S/C25H32N4O2/c1-15-18-12-22(31)19(11-16(18)7-9-21(15)30)20-8-10-23(27-26-20)29(6)17-13-24(2,3)28-25(4,5)14-17/h7-12,17,28,30-31H,13-14H2,1-6H3. The lowest BCUT2D eigenvalue weighted by Gasteiger charge is -2.49. The van der Waals surface area contributed by atoms with Crippen molar-refractivity contribution in [2.45, 2.75) is 64.6 Å². The average Bonchev–Trinajstić information content (AvgIpc) is 2.68. The third-order valence-electron chi connectivity index (χ3n) is 6.38. The van der Waals surface area contributed by atoms with Crippen molar-refractivity contribution < 1.29 is 10.2 Å². The summed E-state index contributed by atoms with van der Waals surface area (Å²) in [5.74, 6) is 1.16. The third kappa shape index (κ3) is 4.17. The molecule has 31 heavy (non-hydrogen) atoms. The number of phenols is 2. The molecule has 1 saturated heterocycles. The number of hydrogen-bond acceptors (Lipinski definition) is 6. The van der Waals surface area contributed by atoms with Crippen LogP contribution in [0.25, 0.3) is 22.0 Å². The van der Waals surface area contributed by atoms with Gasteiger partial charge >= 0.3 is 0 Å². The minimum Gasteiger partial charge on any atom is -0.508 e. The lowest BCUT2D eigenvalue weighted by Crippen LogP contribution is -2.62. The van der Waals surface area contributed by atoms with Crippen LogP contribution in [0.15, 0.2) is 36.4 Å². The van der Waals surface area contributed by atoms with Gasteiger partial charge in [0.15, 0.2) is 5.82 Å². The topological polar surface area (TPSA) is 81.5 Å². The molecule has 0 spiro atoms. The Kier molecular flexibility index (Phi) is 5.09. The van der Waals surface area contributed by atoms with E-state index in [1.54, 1.807) is 12.1 Å². The van der Waals surface area contributed by atoms with Gasteiger partial charge in [-0.25, -0.2) is 0 Å². The molecule has 0 amide bonds. The van der Waals surface area contributed by atoms with E-state index in [9.17, 15) is 10.2 Å². The number of hydrogen-bond donors (Lipinski definition) is 3. The Hall–Kier alpha value is -2.86. The number of aryl methyl sites for hydroxylation is 1. The largest absolute Gasteiger partial charge is 0.508 e. The Balaban J connectivity index is 1.63. The van der Waals surface area contributed by atoms with Gasteiger partial charge in [0.2, 0.25) is 0 Å². The van der Waals surface area contributed by atoms with Crippen LogP contribution < -0.4 is 10.2 Å². The summed E-state index contributed by atoms with van der Waals surface area (Å²) in [7, 11) is 2.08. The minimum atomic E-state index is 0.0531. The average molecular weight is 421 g/mol. The molecule has 2 heterocycles. The second-order valence-corrected chi connectivity index (χ2v) is 10.1. The number of nitrogens with one attached hydrogen (secondary N) is 1. The van der Waals surface area contributed by atoms with Crippen molar-refractivity contribution in [1.82, 2.24) is 15.5 Å². The van der Waals surface area contributed by atoms with E-state index in [2.05, 4.69) is 55.2 Å². The molecule has 6 heteroatoms. The summed E-state index contributed by atoms with van der Waals surface area (Å²) >= 11 is 0. The predicted molar refractivity (Wildman–Crippen MR) is 126 cm³/mol.